The number of amides is 2. The number of hydrogen-bond acceptors (Lipinski definition) is 4. The number of hydrogen-bond donors (Lipinski definition) is 2. The van der Waals surface area contributed by atoms with E-state index in [0.717, 1.165) is 27.5 Å². The first-order valence-electron chi connectivity index (χ1n) is 6.24. The predicted octanol–water partition coefficient (Wildman–Crippen LogP) is 1.94. The largest absolute Gasteiger partial charge is 0.350 e. The molecule has 20 heavy (non-hydrogen) atoms. The Balaban J connectivity index is 1.81. The standard InChI is InChI=1S/C14H13N3O2S/c1-8(18)15-6-14-17-12(7-20-14)9-2-3-11-10(4-9)5-13(19)16-11/h2-4,7H,5-6H2,1H3,(H,15,18)(H,16,19). The van der Waals surface area contributed by atoms with Gasteiger partial charge >= 0.3 is 0 Å². The van der Waals surface area contributed by atoms with Crippen LogP contribution >= 0.6 is 11.3 Å². The van der Waals surface area contributed by atoms with E-state index in [4.69, 9.17) is 0 Å². The summed E-state index contributed by atoms with van der Waals surface area (Å²) in [5.74, 6) is -0.0364. The number of anilines is 1. The average Bonchev–Trinajstić information content (AvgIpc) is 3.00. The van der Waals surface area contributed by atoms with Crippen molar-refractivity contribution in [2.75, 3.05) is 5.32 Å². The number of aromatic nitrogens is 1. The smallest absolute Gasteiger partial charge is 0.228 e. The molecule has 1 aliphatic rings. The number of rotatable bonds is 3. The van der Waals surface area contributed by atoms with Crippen LogP contribution in [0.3, 0.4) is 0 Å². The fraction of sp³-hybridized carbons (Fsp3) is 0.214. The third-order valence-electron chi connectivity index (χ3n) is 3.07. The van der Waals surface area contributed by atoms with Gasteiger partial charge in [0.05, 0.1) is 18.7 Å². The van der Waals surface area contributed by atoms with Crippen molar-refractivity contribution in [3.05, 3.63) is 34.2 Å². The van der Waals surface area contributed by atoms with Gasteiger partial charge in [0.25, 0.3) is 0 Å². The maximum Gasteiger partial charge on any atom is 0.228 e. The molecule has 0 spiro atoms. The van der Waals surface area contributed by atoms with Gasteiger partial charge in [-0.1, -0.05) is 6.07 Å². The minimum atomic E-state index is -0.0659. The summed E-state index contributed by atoms with van der Waals surface area (Å²) in [4.78, 5) is 26.7. The maximum absolute atomic E-state index is 11.3. The second-order valence-corrected chi connectivity index (χ2v) is 5.58. The molecule has 1 aliphatic heterocycles. The molecule has 0 bridgehead atoms. The Morgan fingerprint density at radius 2 is 2.35 bits per heavy atom. The maximum atomic E-state index is 11.3. The van der Waals surface area contributed by atoms with E-state index in [1.54, 1.807) is 0 Å². The highest BCUT2D eigenvalue weighted by atomic mass is 32.1. The van der Waals surface area contributed by atoms with Crippen molar-refractivity contribution in [1.82, 2.24) is 10.3 Å². The number of thiazole rings is 1. The lowest BCUT2D eigenvalue weighted by Gasteiger charge is -2.01. The summed E-state index contributed by atoms with van der Waals surface area (Å²) in [5.41, 5.74) is 3.75. The molecule has 3 rings (SSSR count). The molecule has 0 unspecified atom stereocenters. The minimum absolute atomic E-state index is 0.0294. The summed E-state index contributed by atoms with van der Waals surface area (Å²) in [7, 11) is 0. The van der Waals surface area contributed by atoms with E-state index in [1.807, 2.05) is 23.6 Å². The van der Waals surface area contributed by atoms with Crippen molar-refractivity contribution in [3.8, 4) is 11.3 Å². The van der Waals surface area contributed by atoms with Crippen molar-refractivity contribution in [1.29, 1.82) is 0 Å². The number of benzene rings is 1. The van der Waals surface area contributed by atoms with Crippen molar-refractivity contribution < 1.29 is 9.59 Å². The molecule has 2 aromatic rings. The third-order valence-corrected chi connectivity index (χ3v) is 3.92. The van der Waals surface area contributed by atoms with Crippen LogP contribution in [0.25, 0.3) is 11.3 Å². The molecule has 5 nitrogen and oxygen atoms in total. The molecular formula is C14H13N3O2S. The number of carbonyl (C=O) groups is 2. The van der Waals surface area contributed by atoms with E-state index < -0.39 is 0 Å². The molecule has 1 aromatic heterocycles. The van der Waals surface area contributed by atoms with Crippen LogP contribution in [-0.4, -0.2) is 16.8 Å². The average molecular weight is 287 g/mol. The Kier molecular flexibility index (Phi) is 3.23. The summed E-state index contributed by atoms with van der Waals surface area (Å²) in [6.45, 7) is 1.93. The monoisotopic (exact) mass is 287 g/mol. The zero-order chi connectivity index (χ0) is 14.1. The molecule has 0 aliphatic carbocycles. The highest BCUT2D eigenvalue weighted by molar-refractivity contribution is 7.09. The van der Waals surface area contributed by atoms with E-state index in [9.17, 15) is 9.59 Å². The lowest BCUT2D eigenvalue weighted by molar-refractivity contribution is -0.119. The minimum Gasteiger partial charge on any atom is -0.350 e. The first kappa shape index (κ1) is 12.8. The molecular weight excluding hydrogens is 274 g/mol. The molecule has 2 amide bonds. The van der Waals surface area contributed by atoms with Gasteiger partial charge < -0.3 is 10.6 Å². The molecule has 102 valence electrons. The number of nitrogens with zero attached hydrogens (tertiary/aromatic N) is 1. The Bertz CT molecular complexity index is 693. The van der Waals surface area contributed by atoms with E-state index in [0.29, 0.717) is 13.0 Å². The van der Waals surface area contributed by atoms with Crippen LogP contribution < -0.4 is 10.6 Å². The van der Waals surface area contributed by atoms with Crippen LogP contribution in [0.4, 0.5) is 5.69 Å². The SMILES string of the molecule is CC(=O)NCc1nc(-c2ccc3c(c2)CC(=O)N3)cs1. The van der Waals surface area contributed by atoms with Crippen molar-refractivity contribution >= 4 is 28.8 Å². The van der Waals surface area contributed by atoms with Crippen molar-refractivity contribution in [2.24, 2.45) is 0 Å². The summed E-state index contributed by atoms with van der Waals surface area (Å²) in [6, 6.07) is 5.84. The quantitative estimate of drug-likeness (QED) is 0.906. The van der Waals surface area contributed by atoms with Gasteiger partial charge in [-0.2, -0.15) is 0 Å². The zero-order valence-corrected chi connectivity index (χ0v) is 11.7. The molecule has 0 radical (unpaired) electrons. The molecule has 2 N–H and O–H groups in total. The van der Waals surface area contributed by atoms with Crippen LogP contribution in [0.15, 0.2) is 23.6 Å². The molecule has 0 saturated carbocycles. The van der Waals surface area contributed by atoms with Gasteiger partial charge in [0.15, 0.2) is 0 Å². The van der Waals surface area contributed by atoms with Gasteiger partial charge in [0, 0.05) is 23.6 Å². The van der Waals surface area contributed by atoms with Crippen LogP contribution in [-0.2, 0) is 22.6 Å². The third kappa shape index (κ3) is 2.55. The summed E-state index contributed by atoms with van der Waals surface area (Å²) in [6.07, 6.45) is 0.423. The molecule has 0 atom stereocenters. The van der Waals surface area contributed by atoms with E-state index in [-0.39, 0.29) is 11.8 Å². The van der Waals surface area contributed by atoms with Crippen molar-refractivity contribution in [2.45, 2.75) is 19.9 Å². The van der Waals surface area contributed by atoms with Crippen LogP contribution in [0.2, 0.25) is 0 Å². The Hall–Kier alpha value is -2.21. The Morgan fingerprint density at radius 3 is 3.15 bits per heavy atom. The van der Waals surface area contributed by atoms with Gasteiger partial charge in [0.2, 0.25) is 11.8 Å². The normalized spacial score (nSPS) is 12.9. The topological polar surface area (TPSA) is 71.1 Å². The lowest BCUT2D eigenvalue weighted by Crippen LogP contribution is -2.18. The summed E-state index contributed by atoms with van der Waals surface area (Å²) < 4.78 is 0. The summed E-state index contributed by atoms with van der Waals surface area (Å²) >= 11 is 1.51. The van der Waals surface area contributed by atoms with Crippen LogP contribution in [0.5, 0.6) is 0 Å². The zero-order valence-electron chi connectivity index (χ0n) is 10.9. The number of nitrogens with one attached hydrogen (secondary N) is 2. The second kappa shape index (κ2) is 5.05. The predicted molar refractivity (Wildman–Crippen MR) is 77.4 cm³/mol. The first-order chi connectivity index (χ1) is 9.61. The second-order valence-electron chi connectivity index (χ2n) is 4.63. The Labute approximate surface area is 120 Å². The molecule has 0 fully saturated rings. The fourth-order valence-corrected chi connectivity index (χ4v) is 2.86. The van der Waals surface area contributed by atoms with E-state index in [2.05, 4.69) is 15.6 Å². The van der Waals surface area contributed by atoms with E-state index in [1.165, 1.54) is 18.3 Å². The Morgan fingerprint density at radius 1 is 1.50 bits per heavy atom. The van der Waals surface area contributed by atoms with Gasteiger partial charge in [-0.3, -0.25) is 9.59 Å². The number of carbonyl (C=O) groups excluding carboxylic acids is 2. The lowest BCUT2D eigenvalue weighted by atomic mass is 10.1. The van der Waals surface area contributed by atoms with E-state index >= 15 is 0 Å². The highest BCUT2D eigenvalue weighted by Gasteiger charge is 2.18. The van der Waals surface area contributed by atoms with Gasteiger partial charge in [0.1, 0.15) is 5.01 Å². The van der Waals surface area contributed by atoms with Crippen molar-refractivity contribution in [3.63, 3.8) is 0 Å². The molecule has 0 saturated heterocycles. The van der Waals surface area contributed by atoms with Crippen LogP contribution in [0.1, 0.15) is 17.5 Å². The van der Waals surface area contributed by atoms with Crippen LogP contribution in [0, 0.1) is 0 Å². The summed E-state index contributed by atoms with van der Waals surface area (Å²) in [5, 5.41) is 8.37. The van der Waals surface area contributed by atoms with Gasteiger partial charge in [-0.05, 0) is 17.7 Å². The number of fused-ring (bicyclic) bond motifs is 1. The fourth-order valence-electron chi connectivity index (χ4n) is 2.11. The molecule has 1 aromatic carbocycles. The first-order valence-corrected chi connectivity index (χ1v) is 7.12. The molecule has 6 heteroatoms. The molecule has 2 heterocycles. The van der Waals surface area contributed by atoms with Gasteiger partial charge in [-0.15, -0.1) is 11.3 Å². The van der Waals surface area contributed by atoms with Gasteiger partial charge in [-0.25, -0.2) is 4.98 Å². The highest BCUT2D eigenvalue weighted by Crippen LogP contribution is 2.29.